The van der Waals surface area contributed by atoms with Crippen LogP contribution in [-0.2, 0) is 16.3 Å². The summed E-state index contributed by atoms with van der Waals surface area (Å²) in [5, 5.41) is 0.853. The molecule has 7 nitrogen and oxygen atoms in total. The van der Waals surface area contributed by atoms with Gasteiger partial charge in [0.1, 0.15) is 5.75 Å². The molecule has 2 aromatic carbocycles. The second-order valence-corrected chi connectivity index (χ2v) is 8.57. The highest BCUT2D eigenvalue weighted by Gasteiger charge is 2.13. The molecule has 0 aliphatic heterocycles. The van der Waals surface area contributed by atoms with E-state index in [1.54, 1.807) is 42.1 Å². The first-order chi connectivity index (χ1) is 12.9. The summed E-state index contributed by atoms with van der Waals surface area (Å²) in [6, 6.07) is 12.5. The molecule has 4 aromatic rings. The Bertz CT molecular complexity index is 1320. The summed E-state index contributed by atoms with van der Waals surface area (Å²) >= 11 is 0. The molecule has 2 heterocycles. The average Bonchev–Trinajstić information content (AvgIpc) is 2.96. The molecule has 0 spiro atoms. The minimum absolute atomic E-state index is 0.223. The van der Waals surface area contributed by atoms with Crippen LogP contribution in [0.25, 0.3) is 21.9 Å². The van der Waals surface area contributed by atoms with Gasteiger partial charge in [0.25, 0.3) is 0 Å². The maximum atomic E-state index is 12.5. The van der Waals surface area contributed by atoms with Crippen molar-refractivity contribution in [2.24, 2.45) is 0 Å². The lowest BCUT2D eigenvalue weighted by Gasteiger charge is -2.08. The van der Waals surface area contributed by atoms with Crippen LogP contribution >= 0.6 is 0 Å². The van der Waals surface area contributed by atoms with Gasteiger partial charge in [0, 0.05) is 22.6 Å². The molecule has 0 radical (unpaired) electrons. The van der Waals surface area contributed by atoms with Gasteiger partial charge in [-0.3, -0.25) is 9.55 Å². The largest absolute Gasteiger partial charge is 0.497 e. The Hall–Kier alpha value is -3.13. The third kappa shape index (κ3) is 3.08. The van der Waals surface area contributed by atoms with E-state index in [0.717, 1.165) is 22.0 Å². The standard InChI is InChI=1S/C19H18N4O3S/c1-26-13-5-8-15-16(9-13)21-10-17-18(15)23(19(24)22-17)11-12-3-6-14(7-4-12)27(2,20)25/h3-10,20H,11H2,1-2H3,(H,22,24). The Balaban J connectivity index is 1.85. The number of aromatic amines is 1. The molecule has 0 bridgehead atoms. The van der Waals surface area contributed by atoms with Crippen LogP contribution in [-0.4, -0.2) is 32.1 Å². The number of methoxy groups -OCH3 is 1. The lowest BCUT2D eigenvalue weighted by molar-refractivity contribution is 0.415. The molecule has 4 rings (SSSR count). The average molecular weight is 382 g/mol. The third-order valence-electron chi connectivity index (χ3n) is 4.52. The van der Waals surface area contributed by atoms with Crippen LogP contribution < -0.4 is 10.4 Å². The molecule has 138 valence electrons. The molecule has 2 N–H and O–H groups in total. The first-order valence-corrected chi connectivity index (χ1v) is 10.2. The van der Waals surface area contributed by atoms with Crippen LogP contribution in [0.2, 0.25) is 0 Å². The van der Waals surface area contributed by atoms with E-state index in [-0.39, 0.29) is 5.69 Å². The van der Waals surface area contributed by atoms with Gasteiger partial charge in [-0.1, -0.05) is 12.1 Å². The van der Waals surface area contributed by atoms with Crippen LogP contribution in [0, 0.1) is 4.78 Å². The normalized spacial score (nSPS) is 13.7. The summed E-state index contributed by atoms with van der Waals surface area (Å²) in [6.07, 6.45) is 3.03. The number of nitrogens with one attached hydrogen (secondary N) is 2. The Labute approximate surface area is 155 Å². The Kier molecular flexibility index (Phi) is 4.00. The summed E-state index contributed by atoms with van der Waals surface area (Å²) in [6.45, 7) is 0.354. The molecule has 0 aliphatic carbocycles. The van der Waals surface area contributed by atoms with Crippen molar-refractivity contribution in [2.45, 2.75) is 11.4 Å². The van der Waals surface area contributed by atoms with E-state index in [2.05, 4.69) is 9.97 Å². The van der Waals surface area contributed by atoms with Crippen molar-refractivity contribution in [2.75, 3.05) is 13.4 Å². The monoisotopic (exact) mass is 382 g/mol. The fourth-order valence-corrected chi connectivity index (χ4v) is 3.80. The molecule has 2 aromatic heterocycles. The van der Waals surface area contributed by atoms with Gasteiger partial charge < -0.3 is 9.72 Å². The number of rotatable bonds is 4. The van der Waals surface area contributed by atoms with E-state index < -0.39 is 9.73 Å². The number of fused-ring (bicyclic) bond motifs is 3. The number of hydrogen-bond donors (Lipinski definition) is 2. The predicted molar refractivity (Wildman–Crippen MR) is 105 cm³/mol. The van der Waals surface area contributed by atoms with Crippen molar-refractivity contribution < 1.29 is 8.95 Å². The first-order valence-electron chi connectivity index (χ1n) is 8.25. The molecule has 0 fully saturated rings. The van der Waals surface area contributed by atoms with Gasteiger partial charge in [-0.25, -0.2) is 13.8 Å². The van der Waals surface area contributed by atoms with E-state index in [1.807, 2.05) is 18.2 Å². The van der Waals surface area contributed by atoms with Gasteiger partial charge in [0.2, 0.25) is 0 Å². The summed E-state index contributed by atoms with van der Waals surface area (Å²) in [7, 11) is -1.16. The summed E-state index contributed by atoms with van der Waals surface area (Å²) in [5.41, 5.74) is 2.83. The van der Waals surface area contributed by atoms with Crippen molar-refractivity contribution in [3.63, 3.8) is 0 Å². The fraction of sp³-hybridized carbons (Fsp3) is 0.158. The number of nitrogens with zero attached hydrogens (tertiary/aromatic N) is 2. The number of ether oxygens (including phenoxy) is 1. The molecule has 0 aliphatic rings. The molecule has 0 saturated carbocycles. The fourth-order valence-electron chi connectivity index (χ4n) is 3.14. The number of pyridine rings is 1. The minimum Gasteiger partial charge on any atom is -0.497 e. The van der Waals surface area contributed by atoms with Gasteiger partial charge in [-0.2, -0.15) is 0 Å². The van der Waals surface area contributed by atoms with Crippen LogP contribution in [0.3, 0.4) is 0 Å². The van der Waals surface area contributed by atoms with Crippen molar-refractivity contribution in [3.8, 4) is 5.75 Å². The second-order valence-electron chi connectivity index (χ2n) is 6.41. The number of H-pyrrole nitrogens is 1. The molecule has 1 unspecified atom stereocenters. The van der Waals surface area contributed by atoms with Crippen molar-refractivity contribution in [3.05, 3.63) is 64.7 Å². The second kappa shape index (κ2) is 6.24. The van der Waals surface area contributed by atoms with Gasteiger partial charge in [-0.15, -0.1) is 0 Å². The Morgan fingerprint density at radius 1 is 1.22 bits per heavy atom. The van der Waals surface area contributed by atoms with Gasteiger partial charge in [0.05, 0.1) is 46.1 Å². The molecule has 0 saturated heterocycles. The van der Waals surface area contributed by atoms with Gasteiger partial charge in [0.15, 0.2) is 0 Å². The maximum Gasteiger partial charge on any atom is 0.326 e. The third-order valence-corrected chi connectivity index (χ3v) is 5.69. The molecular formula is C19H18N4O3S. The molecule has 0 amide bonds. The van der Waals surface area contributed by atoms with E-state index in [0.29, 0.717) is 22.7 Å². The highest BCUT2D eigenvalue weighted by Crippen LogP contribution is 2.25. The Morgan fingerprint density at radius 3 is 2.63 bits per heavy atom. The first kappa shape index (κ1) is 17.3. The number of benzene rings is 2. The van der Waals surface area contributed by atoms with Gasteiger partial charge in [-0.05, 0) is 29.8 Å². The van der Waals surface area contributed by atoms with Crippen LogP contribution in [0.1, 0.15) is 5.56 Å². The van der Waals surface area contributed by atoms with E-state index in [9.17, 15) is 9.00 Å². The molecule has 8 heteroatoms. The van der Waals surface area contributed by atoms with Crippen molar-refractivity contribution in [1.29, 1.82) is 4.78 Å². The smallest absolute Gasteiger partial charge is 0.326 e. The lowest BCUT2D eigenvalue weighted by Crippen LogP contribution is -2.17. The van der Waals surface area contributed by atoms with Crippen molar-refractivity contribution in [1.82, 2.24) is 14.5 Å². The quantitative estimate of drug-likeness (QED) is 0.566. The van der Waals surface area contributed by atoms with E-state index >= 15 is 0 Å². The molecular weight excluding hydrogens is 364 g/mol. The number of imidazole rings is 1. The summed E-state index contributed by atoms with van der Waals surface area (Å²) in [4.78, 5) is 20.2. The number of aromatic nitrogens is 3. The zero-order chi connectivity index (χ0) is 19.2. The van der Waals surface area contributed by atoms with Crippen LogP contribution in [0.15, 0.2) is 58.4 Å². The number of hydrogen-bond acceptors (Lipinski definition) is 5. The summed E-state index contributed by atoms with van der Waals surface area (Å²) < 4.78 is 26.4. The highest BCUT2D eigenvalue weighted by molar-refractivity contribution is 7.91. The van der Waals surface area contributed by atoms with Crippen molar-refractivity contribution >= 4 is 31.7 Å². The Morgan fingerprint density at radius 2 is 1.96 bits per heavy atom. The highest BCUT2D eigenvalue weighted by atomic mass is 32.2. The minimum atomic E-state index is -2.75. The topological polar surface area (TPSA) is 101 Å². The summed E-state index contributed by atoms with van der Waals surface area (Å²) in [5.74, 6) is 0.702. The van der Waals surface area contributed by atoms with Crippen LogP contribution in [0.5, 0.6) is 5.75 Å². The molecule has 27 heavy (non-hydrogen) atoms. The van der Waals surface area contributed by atoms with E-state index in [4.69, 9.17) is 9.52 Å². The van der Waals surface area contributed by atoms with Crippen LogP contribution in [0.4, 0.5) is 0 Å². The zero-order valence-electron chi connectivity index (χ0n) is 14.9. The van der Waals surface area contributed by atoms with E-state index in [1.165, 1.54) is 6.26 Å². The SMILES string of the molecule is COc1ccc2c(c1)ncc1[nH]c(=O)n(Cc3ccc(S(C)(=N)=O)cc3)c12. The maximum absolute atomic E-state index is 12.5. The predicted octanol–water partition coefficient (Wildman–Crippen LogP) is 2.97. The zero-order valence-corrected chi connectivity index (χ0v) is 15.7. The lowest BCUT2D eigenvalue weighted by atomic mass is 10.1. The molecule has 1 atom stereocenters. The van der Waals surface area contributed by atoms with Gasteiger partial charge >= 0.3 is 5.69 Å².